The van der Waals surface area contributed by atoms with E-state index < -0.39 is 23.8 Å². The highest BCUT2D eigenvalue weighted by Gasteiger charge is 2.71. The molecule has 2 aliphatic carbocycles. The normalized spacial score (nSPS) is 37.6. The van der Waals surface area contributed by atoms with E-state index in [1.165, 1.54) is 11.3 Å². The van der Waals surface area contributed by atoms with Crippen LogP contribution in [0, 0.1) is 35.5 Å². The maximum atomic E-state index is 13.4. The van der Waals surface area contributed by atoms with Gasteiger partial charge in [0.1, 0.15) is 6.04 Å². The van der Waals surface area contributed by atoms with E-state index >= 15 is 0 Å². The van der Waals surface area contributed by atoms with Crippen LogP contribution in [0.2, 0.25) is 0 Å². The van der Waals surface area contributed by atoms with Crippen LogP contribution in [0.4, 0.5) is 0 Å². The highest BCUT2D eigenvalue weighted by Crippen LogP contribution is 2.69. The number of imide groups is 1. The van der Waals surface area contributed by atoms with Gasteiger partial charge in [0.2, 0.25) is 11.8 Å². The van der Waals surface area contributed by atoms with Crippen molar-refractivity contribution in [3.05, 3.63) is 14.5 Å². The van der Waals surface area contributed by atoms with Crippen LogP contribution in [-0.4, -0.2) is 44.1 Å². The topological polar surface area (TPSA) is 108 Å². The Morgan fingerprint density at radius 1 is 1.17 bits per heavy atom. The summed E-state index contributed by atoms with van der Waals surface area (Å²) in [5, 5.41) is 10.7. The number of rotatable bonds is 3. The second-order valence-corrected chi connectivity index (χ2v) is 11.9. The van der Waals surface area contributed by atoms with Gasteiger partial charge in [0.15, 0.2) is 0 Å². The summed E-state index contributed by atoms with van der Waals surface area (Å²) in [6, 6.07) is -1.11. The van der Waals surface area contributed by atoms with Crippen molar-refractivity contribution in [1.82, 2.24) is 9.88 Å². The van der Waals surface area contributed by atoms with E-state index in [9.17, 15) is 24.3 Å². The van der Waals surface area contributed by atoms with E-state index in [4.69, 9.17) is 0 Å². The van der Waals surface area contributed by atoms with Crippen LogP contribution in [0.1, 0.15) is 39.0 Å². The lowest BCUT2D eigenvalue weighted by atomic mass is 9.64. The summed E-state index contributed by atoms with van der Waals surface area (Å²) in [6.45, 7) is 7.73. The van der Waals surface area contributed by atoms with E-state index in [1.807, 2.05) is 0 Å². The lowest BCUT2D eigenvalue weighted by Gasteiger charge is -2.47. The summed E-state index contributed by atoms with van der Waals surface area (Å²) in [6.07, 6.45) is 0.824. The quantitative estimate of drug-likeness (QED) is 0.703. The first kappa shape index (κ1) is 19.4. The third kappa shape index (κ3) is 2.31. The van der Waals surface area contributed by atoms with E-state index in [0.29, 0.717) is 0 Å². The van der Waals surface area contributed by atoms with Crippen LogP contribution in [0.3, 0.4) is 0 Å². The molecule has 156 valence electrons. The van der Waals surface area contributed by atoms with Crippen LogP contribution in [-0.2, 0) is 19.8 Å². The molecule has 0 unspecified atom stereocenters. The number of carboxylic acid groups (broad SMARTS) is 1. The van der Waals surface area contributed by atoms with Crippen molar-refractivity contribution in [3.8, 4) is 0 Å². The van der Waals surface area contributed by atoms with Gasteiger partial charge in [0, 0.05) is 15.5 Å². The number of likely N-dealkylation sites (tertiary alicyclic amines) is 1. The molecule has 7 nitrogen and oxygen atoms in total. The SMILES string of the molecule is CC(C)[C@H](C(=O)O)N1C(=O)[C@@H]2[C@H]3C[C@@H]([C@H]4Sc5[nH]c(=O)sc5C(C)(C)[C@H]34)[C@H]2C1=O. The summed E-state index contributed by atoms with van der Waals surface area (Å²) in [4.78, 5) is 55.4. The van der Waals surface area contributed by atoms with Crippen LogP contribution < -0.4 is 4.87 Å². The zero-order chi connectivity index (χ0) is 21.0. The molecule has 0 spiro atoms. The van der Waals surface area contributed by atoms with E-state index in [-0.39, 0.29) is 51.0 Å². The Kier molecular flexibility index (Phi) is 3.98. The standard InChI is InChI=1S/C20H24N2O5S2/c1-6(2)12(18(25)26)22-16(23)9-7-5-8(10(9)17(22)24)13-11(7)20(3,4)14-15(28-13)21-19(27)29-14/h6-13H,5H2,1-4H3,(H,21,27)(H,25,26)/t7-,8-,9-,10-,11-,12-,13-/m1/s1. The third-order valence-corrected chi connectivity index (χ3v) is 10.4. The lowest BCUT2D eigenvalue weighted by Crippen LogP contribution is -2.49. The van der Waals surface area contributed by atoms with Gasteiger partial charge in [-0.2, -0.15) is 0 Å². The van der Waals surface area contributed by atoms with Gasteiger partial charge in [-0.25, -0.2) is 4.79 Å². The van der Waals surface area contributed by atoms with Gasteiger partial charge in [0.05, 0.1) is 16.9 Å². The van der Waals surface area contributed by atoms with Gasteiger partial charge in [-0.05, 0) is 30.1 Å². The number of nitrogens with zero attached hydrogens (tertiary/aromatic N) is 1. The Balaban J connectivity index is 1.56. The first-order valence-corrected chi connectivity index (χ1v) is 11.7. The molecule has 7 atom stereocenters. The number of aromatic amines is 1. The predicted octanol–water partition coefficient (Wildman–Crippen LogP) is 2.16. The van der Waals surface area contributed by atoms with Crippen LogP contribution in [0.5, 0.6) is 0 Å². The van der Waals surface area contributed by atoms with Crippen LogP contribution in [0.15, 0.2) is 9.82 Å². The molecule has 0 radical (unpaired) electrons. The van der Waals surface area contributed by atoms with Gasteiger partial charge in [0.25, 0.3) is 0 Å². The number of H-pyrrole nitrogens is 1. The number of carboxylic acids is 1. The summed E-state index contributed by atoms with van der Waals surface area (Å²) in [5.41, 5.74) is -0.263. The average molecular weight is 437 g/mol. The number of aliphatic carboxylic acids is 1. The van der Waals surface area contributed by atoms with Gasteiger partial charge < -0.3 is 10.1 Å². The summed E-state index contributed by atoms with van der Waals surface area (Å²) < 4.78 is 0. The van der Waals surface area contributed by atoms with Crippen molar-refractivity contribution < 1.29 is 19.5 Å². The summed E-state index contributed by atoms with van der Waals surface area (Å²) >= 11 is 2.89. The fourth-order valence-electron chi connectivity index (χ4n) is 6.64. The van der Waals surface area contributed by atoms with Crippen molar-refractivity contribution in [1.29, 1.82) is 0 Å². The molecule has 29 heavy (non-hydrogen) atoms. The van der Waals surface area contributed by atoms with Crippen LogP contribution in [0.25, 0.3) is 0 Å². The average Bonchev–Trinajstić information content (AvgIpc) is 3.32. The number of hydrogen-bond donors (Lipinski definition) is 2. The molecule has 0 aromatic carbocycles. The van der Waals surface area contributed by atoms with Gasteiger partial charge in [-0.3, -0.25) is 19.3 Å². The molecule has 2 saturated carbocycles. The monoisotopic (exact) mass is 436 g/mol. The highest BCUT2D eigenvalue weighted by atomic mass is 32.2. The van der Waals surface area contributed by atoms with Crippen molar-refractivity contribution in [2.75, 3.05) is 0 Å². The molecule has 2 aliphatic heterocycles. The van der Waals surface area contributed by atoms with Crippen molar-refractivity contribution in [3.63, 3.8) is 0 Å². The Morgan fingerprint density at radius 2 is 1.79 bits per heavy atom. The zero-order valence-electron chi connectivity index (χ0n) is 16.7. The molecule has 1 aromatic heterocycles. The molecular formula is C20H24N2O5S2. The van der Waals surface area contributed by atoms with Gasteiger partial charge in [-0.15, -0.1) is 11.8 Å². The fourth-order valence-corrected chi connectivity index (χ4v) is 9.80. The Labute approximate surface area is 176 Å². The Morgan fingerprint density at radius 3 is 2.38 bits per heavy atom. The molecular weight excluding hydrogens is 412 g/mol. The molecule has 3 fully saturated rings. The van der Waals surface area contributed by atoms with Crippen LogP contribution >= 0.6 is 23.1 Å². The maximum Gasteiger partial charge on any atom is 0.327 e. The van der Waals surface area contributed by atoms with Gasteiger partial charge >= 0.3 is 10.8 Å². The van der Waals surface area contributed by atoms with E-state index in [0.717, 1.165) is 21.2 Å². The number of thiazole rings is 1. The zero-order valence-corrected chi connectivity index (χ0v) is 18.3. The largest absolute Gasteiger partial charge is 0.480 e. The number of nitrogens with one attached hydrogen (secondary N) is 1. The van der Waals surface area contributed by atoms with Gasteiger partial charge in [-0.1, -0.05) is 39.0 Å². The first-order chi connectivity index (χ1) is 13.6. The number of carbonyl (C=O) groups excluding carboxylic acids is 2. The minimum absolute atomic E-state index is 0.0406. The second-order valence-electron chi connectivity index (χ2n) is 9.69. The molecule has 1 aromatic rings. The van der Waals surface area contributed by atoms with E-state index in [2.05, 4.69) is 18.8 Å². The smallest absolute Gasteiger partial charge is 0.327 e. The van der Waals surface area contributed by atoms with Crippen molar-refractivity contribution in [2.24, 2.45) is 35.5 Å². The number of carbonyl (C=O) groups is 3. The molecule has 1 saturated heterocycles. The number of aromatic nitrogens is 1. The minimum atomic E-state index is -1.12. The molecule has 9 heteroatoms. The first-order valence-electron chi connectivity index (χ1n) is 10.1. The number of thioether (sulfide) groups is 1. The minimum Gasteiger partial charge on any atom is -0.480 e. The molecule has 3 heterocycles. The predicted molar refractivity (Wildman–Crippen MR) is 108 cm³/mol. The van der Waals surface area contributed by atoms with Crippen molar-refractivity contribution in [2.45, 2.75) is 55.8 Å². The number of fused-ring (bicyclic) bond motifs is 9. The fraction of sp³-hybridized carbons (Fsp3) is 0.700. The Hall–Kier alpha value is -1.61. The third-order valence-electron chi connectivity index (χ3n) is 7.59. The second kappa shape index (κ2) is 5.97. The maximum absolute atomic E-state index is 13.4. The van der Waals surface area contributed by atoms with Crippen molar-refractivity contribution >= 4 is 40.9 Å². The number of amides is 2. The molecule has 2 amide bonds. The Bertz CT molecular complexity index is 995. The highest BCUT2D eigenvalue weighted by molar-refractivity contribution is 8.00. The lowest BCUT2D eigenvalue weighted by molar-refractivity contribution is -0.157. The molecule has 2 bridgehead atoms. The molecule has 5 rings (SSSR count). The summed E-state index contributed by atoms with van der Waals surface area (Å²) in [5.74, 6) is -2.66. The molecule has 2 N–H and O–H groups in total. The summed E-state index contributed by atoms with van der Waals surface area (Å²) in [7, 11) is 0. The molecule has 4 aliphatic rings. The van der Waals surface area contributed by atoms with E-state index in [1.54, 1.807) is 25.6 Å². The number of hydrogen-bond acceptors (Lipinski definition) is 6.